The molecule has 1 heterocycles. The smallest absolute Gasteiger partial charge is 0.152 e. The van der Waals surface area contributed by atoms with Gasteiger partial charge in [0.2, 0.25) is 0 Å². The largest absolute Gasteiger partial charge is 0.378 e. The van der Waals surface area contributed by atoms with Crippen LogP contribution >= 0.6 is 11.6 Å². The van der Waals surface area contributed by atoms with Crippen LogP contribution in [0.2, 0.25) is 5.15 Å². The Balaban J connectivity index is 2.14. The van der Waals surface area contributed by atoms with Crippen LogP contribution in [0.3, 0.4) is 0 Å². The molecule has 1 N–H and O–H groups in total. The lowest BCUT2D eigenvalue weighted by Gasteiger charge is -2.11. The van der Waals surface area contributed by atoms with Gasteiger partial charge in [0.15, 0.2) is 5.15 Å². The van der Waals surface area contributed by atoms with E-state index in [4.69, 9.17) is 11.6 Å². The van der Waals surface area contributed by atoms with Crippen molar-refractivity contribution in [2.24, 2.45) is 0 Å². The summed E-state index contributed by atoms with van der Waals surface area (Å²) in [5.74, 6) is -0.186. The summed E-state index contributed by atoms with van der Waals surface area (Å²) < 4.78 is 13.1. The minimum absolute atomic E-state index is 0.186. The van der Waals surface area contributed by atoms with Gasteiger partial charge in [-0.1, -0.05) is 23.7 Å². The lowest BCUT2D eigenvalue weighted by Crippen LogP contribution is -2.03. The highest BCUT2D eigenvalue weighted by Gasteiger charge is 2.05. The van der Waals surface area contributed by atoms with Crippen molar-refractivity contribution >= 4 is 17.3 Å². The van der Waals surface area contributed by atoms with E-state index < -0.39 is 0 Å². The molecule has 0 spiro atoms. The fourth-order valence-corrected chi connectivity index (χ4v) is 2.02. The molecular weight excluding hydrogens is 251 g/mol. The Morgan fingerprint density at radius 1 is 1.22 bits per heavy atom. The van der Waals surface area contributed by atoms with Crippen LogP contribution in [0.1, 0.15) is 16.7 Å². The van der Waals surface area contributed by atoms with Crippen molar-refractivity contribution in [1.82, 2.24) is 4.98 Å². The quantitative estimate of drug-likeness (QED) is 0.844. The third kappa shape index (κ3) is 2.79. The summed E-state index contributed by atoms with van der Waals surface area (Å²) in [6.45, 7) is 4.31. The fraction of sp³-hybridized carbons (Fsp3) is 0.214. The van der Waals surface area contributed by atoms with E-state index in [0.29, 0.717) is 17.3 Å². The van der Waals surface area contributed by atoms with Crippen molar-refractivity contribution < 1.29 is 4.39 Å². The molecule has 2 aromatic rings. The second-order valence-electron chi connectivity index (χ2n) is 4.23. The minimum Gasteiger partial charge on any atom is -0.378 e. The molecular formula is C14H14ClFN2. The molecule has 1 aromatic carbocycles. The zero-order valence-corrected chi connectivity index (χ0v) is 11.1. The molecule has 0 saturated carbocycles. The molecule has 2 nitrogen and oxygen atoms in total. The number of anilines is 1. The lowest BCUT2D eigenvalue weighted by atomic mass is 10.1. The van der Waals surface area contributed by atoms with Gasteiger partial charge in [0, 0.05) is 12.7 Å². The van der Waals surface area contributed by atoms with Crippen LogP contribution in [-0.2, 0) is 6.54 Å². The summed E-state index contributed by atoms with van der Waals surface area (Å²) >= 11 is 6.02. The predicted octanol–water partition coefficient (Wildman–Crippen LogP) is 4.10. The van der Waals surface area contributed by atoms with Gasteiger partial charge >= 0.3 is 0 Å². The number of nitrogens with zero attached hydrogens (tertiary/aromatic N) is 1. The molecule has 0 saturated heterocycles. The number of pyridine rings is 1. The Bertz CT molecular complexity index is 549. The Morgan fingerprint density at radius 3 is 2.67 bits per heavy atom. The summed E-state index contributed by atoms with van der Waals surface area (Å²) in [5, 5.41) is 3.68. The first-order valence-corrected chi connectivity index (χ1v) is 6.05. The van der Waals surface area contributed by atoms with Gasteiger partial charge in [0.25, 0.3) is 0 Å². The normalized spacial score (nSPS) is 10.4. The maximum atomic E-state index is 13.1. The number of hydrogen-bond donors (Lipinski definition) is 1. The van der Waals surface area contributed by atoms with Crippen LogP contribution in [-0.4, -0.2) is 4.98 Å². The molecule has 0 atom stereocenters. The van der Waals surface area contributed by atoms with Crippen LogP contribution < -0.4 is 5.32 Å². The number of aromatic nitrogens is 1. The maximum Gasteiger partial charge on any atom is 0.152 e. The number of hydrogen-bond acceptors (Lipinski definition) is 2. The summed E-state index contributed by atoms with van der Waals surface area (Å²) in [6, 6.07) is 6.95. The van der Waals surface area contributed by atoms with Gasteiger partial charge in [-0.05, 0) is 42.7 Å². The number of nitrogens with one attached hydrogen (secondary N) is 1. The zero-order valence-electron chi connectivity index (χ0n) is 10.3. The highest BCUT2D eigenvalue weighted by atomic mass is 35.5. The fourth-order valence-electron chi connectivity index (χ4n) is 1.74. The van der Waals surface area contributed by atoms with Crippen LogP contribution in [0.4, 0.5) is 10.1 Å². The summed E-state index contributed by atoms with van der Waals surface area (Å²) in [4.78, 5) is 4.03. The highest BCUT2D eigenvalue weighted by Crippen LogP contribution is 2.23. The van der Waals surface area contributed by atoms with Crippen molar-refractivity contribution in [2.75, 3.05) is 5.32 Å². The van der Waals surface area contributed by atoms with E-state index in [2.05, 4.69) is 10.3 Å². The minimum atomic E-state index is -0.186. The van der Waals surface area contributed by atoms with Crippen LogP contribution in [0.25, 0.3) is 0 Å². The lowest BCUT2D eigenvalue weighted by molar-refractivity contribution is 0.617. The van der Waals surface area contributed by atoms with Gasteiger partial charge < -0.3 is 5.32 Å². The number of benzene rings is 1. The summed E-state index contributed by atoms with van der Waals surface area (Å²) in [7, 11) is 0. The Morgan fingerprint density at radius 2 is 2.00 bits per heavy atom. The second-order valence-corrected chi connectivity index (χ2v) is 4.59. The molecule has 2 rings (SSSR count). The van der Waals surface area contributed by atoms with Crippen LogP contribution in [0.15, 0.2) is 30.5 Å². The molecule has 0 aliphatic carbocycles. The van der Waals surface area contributed by atoms with Gasteiger partial charge in [-0.3, -0.25) is 0 Å². The molecule has 1 aromatic heterocycles. The van der Waals surface area contributed by atoms with E-state index >= 15 is 0 Å². The van der Waals surface area contributed by atoms with E-state index in [9.17, 15) is 4.39 Å². The van der Waals surface area contributed by atoms with Crippen molar-refractivity contribution in [3.8, 4) is 0 Å². The molecule has 94 valence electrons. The molecule has 0 amide bonds. The molecule has 18 heavy (non-hydrogen) atoms. The average Bonchev–Trinajstić information content (AvgIpc) is 2.33. The van der Waals surface area contributed by atoms with Gasteiger partial charge in [-0.2, -0.15) is 0 Å². The molecule has 0 fully saturated rings. The molecule has 0 aliphatic heterocycles. The summed E-state index contributed by atoms with van der Waals surface area (Å²) in [6.07, 6.45) is 1.67. The third-order valence-electron chi connectivity index (χ3n) is 2.80. The van der Waals surface area contributed by atoms with E-state index in [1.165, 1.54) is 6.07 Å². The first kappa shape index (κ1) is 12.8. The van der Waals surface area contributed by atoms with E-state index in [1.54, 1.807) is 19.2 Å². The van der Waals surface area contributed by atoms with E-state index in [1.807, 2.05) is 19.1 Å². The molecule has 0 unspecified atom stereocenters. The van der Waals surface area contributed by atoms with Gasteiger partial charge in [0.05, 0.1) is 5.69 Å². The van der Waals surface area contributed by atoms with Gasteiger partial charge in [0.1, 0.15) is 5.82 Å². The number of rotatable bonds is 3. The van der Waals surface area contributed by atoms with Crippen molar-refractivity contribution in [3.05, 3.63) is 58.1 Å². The Hall–Kier alpha value is -1.61. The van der Waals surface area contributed by atoms with Crippen molar-refractivity contribution in [1.29, 1.82) is 0 Å². The molecule has 0 aliphatic rings. The third-order valence-corrected chi connectivity index (χ3v) is 3.09. The molecule has 0 radical (unpaired) electrons. The van der Waals surface area contributed by atoms with Crippen LogP contribution in [0.5, 0.6) is 0 Å². The predicted molar refractivity (Wildman–Crippen MR) is 72.4 cm³/mol. The first-order chi connectivity index (χ1) is 8.58. The Labute approximate surface area is 111 Å². The number of halogens is 2. The zero-order chi connectivity index (χ0) is 13.1. The highest BCUT2D eigenvalue weighted by molar-refractivity contribution is 6.32. The van der Waals surface area contributed by atoms with Crippen molar-refractivity contribution in [3.63, 3.8) is 0 Å². The standard InChI is InChI=1S/C14H14ClFN2/c1-9-5-6-17-14(15)13(9)18-8-11-3-4-12(16)10(2)7-11/h3-7,18H,8H2,1-2H3. The van der Waals surface area contributed by atoms with Gasteiger partial charge in [-0.15, -0.1) is 0 Å². The van der Waals surface area contributed by atoms with Gasteiger partial charge in [-0.25, -0.2) is 9.37 Å². The summed E-state index contributed by atoms with van der Waals surface area (Å²) in [5.41, 5.74) is 3.51. The molecule has 4 heteroatoms. The van der Waals surface area contributed by atoms with Crippen LogP contribution in [0, 0.1) is 19.7 Å². The second kappa shape index (κ2) is 5.36. The average molecular weight is 265 g/mol. The number of aryl methyl sites for hydroxylation is 2. The Kier molecular flexibility index (Phi) is 3.82. The van der Waals surface area contributed by atoms with E-state index in [0.717, 1.165) is 16.8 Å². The topological polar surface area (TPSA) is 24.9 Å². The maximum absolute atomic E-state index is 13.1. The molecule has 0 bridgehead atoms. The monoisotopic (exact) mass is 264 g/mol. The van der Waals surface area contributed by atoms with E-state index in [-0.39, 0.29) is 5.82 Å². The van der Waals surface area contributed by atoms with Crippen molar-refractivity contribution in [2.45, 2.75) is 20.4 Å². The first-order valence-electron chi connectivity index (χ1n) is 5.68. The SMILES string of the molecule is Cc1cc(CNc2c(C)ccnc2Cl)ccc1F.